The van der Waals surface area contributed by atoms with Crippen LogP contribution in [-0.4, -0.2) is 20.7 Å². The molecule has 116 valence electrons. The van der Waals surface area contributed by atoms with Crippen LogP contribution in [0.5, 0.6) is 0 Å². The summed E-state index contributed by atoms with van der Waals surface area (Å²) in [6.45, 7) is 4.70. The molecule has 0 spiro atoms. The van der Waals surface area contributed by atoms with E-state index in [0.717, 1.165) is 24.4 Å². The highest BCUT2D eigenvalue weighted by molar-refractivity contribution is 7.16. The minimum Gasteiger partial charge on any atom is -0.296 e. The van der Waals surface area contributed by atoms with Crippen LogP contribution in [0.2, 0.25) is 0 Å². The van der Waals surface area contributed by atoms with Gasteiger partial charge in [-0.15, -0.1) is 11.3 Å². The van der Waals surface area contributed by atoms with Crippen molar-refractivity contribution in [2.24, 2.45) is 0 Å². The topological polar surface area (TPSA) is 59.8 Å². The van der Waals surface area contributed by atoms with E-state index in [0.29, 0.717) is 10.8 Å². The number of hydrogen-bond acceptors (Lipinski definition) is 4. The monoisotopic (exact) mass is 324 g/mol. The fraction of sp³-hybridized carbons (Fsp3) is 0.235. The molecule has 2 heterocycles. The van der Waals surface area contributed by atoms with Crippen LogP contribution in [0.15, 0.2) is 30.3 Å². The van der Waals surface area contributed by atoms with Crippen LogP contribution in [0, 0.1) is 6.92 Å². The third kappa shape index (κ3) is 2.35. The highest BCUT2D eigenvalue weighted by Crippen LogP contribution is 2.40. The number of carbonyl (C=O) groups excluding carboxylic acids is 1. The first kappa shape index (κ1) is 14.1. The Balaban J connectivity index is 1.58. The van der Waals surface area contributed by atoms with Gasteiger partial charge >= 0.3 is 0 Å². The molecule has 1 N–H and O–H groups in total. The van der Waals surface area contributed by atoms with Crippen LogP contribution in [-0.2, 0) is 13.0 Å². The van der Waals surface area contributed by atoms with Crippen LogP contribution in [0.1, 0.15) is 33.5 Å². The first-order chi connectivity index (χ1) is 11.2. The number of benzene rings is 1. The lowest BCUT2D eigenvalue weighted by atomic mass is 10.1. The van der Waals surface area contributed by atoms with Crippen molar-refractivity contribution >= 4 is 22.4 Å². The molecule has 6 heteroatoms. The number of amides is 1. The van der Waals surface area contributed by atoms with E-state index in [1.54, 1.807) is 17.4 Å². The number of aryl methyl sites for hydroxylation is 2. The first-order valence-electron chi connectivity index (χ1n) is 7.59. The normalized spacial score (nSPS) is 12.1. The molecular formula is C17H16N4OS. The lowest BCUT2D eigenvalue weighted by molar-refractivity contribution is 0.102. The van der Waals surface area contributed by atoms with Crippen LogP contribution >= 0.6 is 11.3 Å². The van der Waals surface area contributed by atoms with Crippen molar-refractivity contribution in [3.63, 3.8) is 0 Å². The molecule has 0 radical (unpaired) electrons. The van der Waals surface area contributed by atoms with Crippen LogP contribution in [0.3, 0.4) is 0 Å². The fourth-order valence-electron chi connectivity index (χ4n) is 2.92. The second kappa shape index (κ2) is 5.31. The fourth-order valence-corrected chi connectivity index (χ4v) is 3.91. The third-order valence-corrected chi connectivity index (χ3v) is 5.03. The molecule has 4 rings (SSSR count). The molecule has 23 heavy (non-hydrogen) atoms. The molecule has 2 aromatic heterocycles. The molecule has 1 aliphatic rings. The molecule has 0 atom stereocenters. The zero-order valence-electron chi connectivity index (χ0n) is 13.0. The predicted molar refractivity (Wildman–Crippen MR) is 90.9 cm³/mol. The van der Waals surface area contributed by atoms with Crippen molar-refractivity contribution in [3.8, 4) is 11.3 Å². The average molecular weight is 324 g/mol. The Morgan fingerprint density at radius 3 is 3.00 bits per heavy atom. The van der Waals surface area contributed by atoms with Gasteiger partial charge in [0.1, 0.15) is 0 Å². The number of anilines is 1. The van der Waals surface area contributed by atoms with Crippen LogP contribution < -0.4 is 5.32 Å². The van der Waals surface area contributed by atoms with Gasteiger partial charge < -0.3 is 0 Å². The molecule has 1 aromatic carbocycles. The maximum absolute atomic E-state index is 12.3. The molecule has 1 amide bonds. The summed E-state index contributed by atoms with van der Waals surface area (Å²) in [7, 11) is 0. The Bertz CT molecular complexity index is 909. The van der Waals surface area contributed by atoms with Crippen molar-refractivity contribution in [1.82, 2.24) is 14.8 Å². The van der Waals surface area contributed by atoms with Crippen molar-refractivity contribution < 1.29 is 4.79 Å². The SMILES string of the molecule is CCn1nc(C(=O)Nc2nc3c(s2)Cc2ccccc2-3)cc1C. The number of rotatable bonds is 3. The van der Waals surface area contributed by atoms with E-state index in [2.05, 4.69) is 27.5 Å². The minimum atomic E-state index is -0.207. The third-order valence-electron chi connectivity index (χ3n) is 4.05. The molecule has 0 saturated carbocycles. The van der Waals surface area contributed by atoms with Gasteiger partial charge in [-0.3, -0.25) is 14.8 Å². The van der Waals surface area contributed by atoms with E-state index in [1.165, 1.54) is 16.0 Å². The largest absolute Gasteiger partial charge is 0.296 e. The molecule has 0 fully saturated rings. The van der Waals surface area contributed by atoms with Gasteiger partial charge in [-0.1, -0.05) is 24.3 Å². The number of fused-ring (bicyclic) bond motifs is 3. The number of nitrogens with one attached hydrogen (secondary N) is 1. The quantitative estimate of drug-likeness (QED) is 0.627. The summed E-state index contributed by atoms with van der Waals surface area (Å²) in [6, 6.07) is 10.1. The highest BCUT2D eigenvalue weighted by atomic mass is 32.1. The van der Waals surface area contributed by atoms with Gasteiger partial charge in [0, 0.05) is 29.1 Å². The Morgan fingerprint density at radius 1 is 1.39 bits per heavy atom. The summed E-state index contributed by atoms with van der Waals surface area (Å²) < 4.78 is 1.81. The predicted octanol–water partition coefficient (Wildman–Crippen LogP) is 3.49. The zero-order chi connectivity index (χ0) is 16.0. The molecule has 0 bridgehead atoms. The number of carbonyl (C=O) groups is 1. The van der Waals surface area contributed by atoms with Gasteiger partial charge in [0.05, 0.1) is 5.69 Å². The van der Waals surface area contributed by atoms with Gasteiger partial charge in [0.15, 0.2) is 10.8 Å². The summed E-state index contributed by atoms with van der Waals surface area (Å²) in [5.74, 6) is -0.207. The Morgan fingerprint density at radius 2 is 2.22 bits per heavy atom. The summed E-state index contributed by atoms with van der Waals surface area (Å²) in [4.78, 5) is 18.2. The summed E-state index contributed by atoms with van der Waals surface area (Å²) in [5.41, 5.74) is 4.88. The molecule has 5 nitrogen and oxygen atoms in total. The van der Waals surface area contributed by atoms with E-state index in [4.69, 9.17) is 0 Å². The first-order valence-corrected chi connectivity index (χ1v) is 8.41. The summed E-state index contributed by atoms with van der Waals surface area (Å²) in [5, 5.41) is 7.82. The van der Waals surface area contributed by atoms with E-state index in [1.807, 2.05) is 30.7 Å². The number of hydrogen-bond donors (Lipinski definition) is 1. The van der Waals surface area contributed by atoms with E-state index in [-0.39, 0.29) is 5.91 Å². The molecule has 0 unspecified atom stereocenters. The molecule has 0 aliphatic heterocycles. The zero-order valence-corrected chi connectivity index (χ0v) is 13.8. The Kier molecular flexibility index (Phi) is 3.27. The number of nitrogens with zero attached hydrogens (tertiary/aromatic N) is 3. The minimum absolute atomic E-state index is 0.207. The van der Waals surface area contributed by atoms with Gasteiger partial charge in [-0.05, 0) is 25.5 Å². The molecule has 0 saturated heterocycles. The Hall–Kier alpha value is -2.47. The summed E-state index contributed by atoms with van der Waals surface area (Å²) >= 11 is 1.54. The van der Waals surface area contributed by atoms with Crippen LogP contribution in [0.25, 0.3) is 11.3 Å². The van der Waals surface area contributed by atoms with Crippen molar-refractivity contribution in [1.29, 1.82) is 0 Å². The van der Waals surface area contributed by atoms with E-state index < -0.39 is 0 Å². The standard InChI is InChI=1S/C17H16N4OS/c1-3-21-10(2)8-13(20-21)16(22)19-17-18-15-12-7-5-4-6-11(12)9-14(15)23-17/h4-8H,3,9H2,1-2H3,(H,18,19,22). The van der Waals surface area contributed by atoms with Gasteiger partial charge in [-0.25, -0.2) is 4.98 Å². The average Bonchev–Trinajstić information content (AvgIpc) is 3.19. The van der Waals surface area contributed by atoms with Crippen molar-refractivity contribution in [2.75, 3.05) is 5.32 Å². The summed E-state index contributed by atoms with van der Waals surface area (Å²) in [6.07, 6.45) is 0.891. The van der Waals surface area contributed by atoms with Crippen molar-refractivity contribution in [3.05, 3.63) is 52.2 Å². The Labute approximate surface area is 138 Å². The van der Waals surface area contributed by atoms with Gasteiger partial charge in [0.2, 0.25) is 0 Å². The number of aromatic nitrogens is 3. The second-order valence-corrected chi connectivity index (χ2v) is 6.65. The van der Waals surface area contributed by atoms with Gasteiger partial charge in [0.25, 0.3) is 5.91 Å². The number of thiazole rings is 1. The van der Waals surface area contributed by atoms with E-state index >= 15 is 0 Å². The molecular weight excluding hydrogens is 308 g/mol. The van der Waals surface area contributed by atoms with E-state index in [9.17, 15) is 4.79 Å². The lowest BCUT2D eigenvalue weighted by Crippen LogP contribution is -2.13. The highest BCUT2D eigenvalue weighted by Gasteiger charge is 2.24. The van der Waals surface area contributed by atoms with Crippen molar-refractivity contribution in [2.45, 2.75) is 26.8 Å². The van der Waals surface area contributed by atoms with Crippen LogP contribution in [0.4, 0.5) is 5.13 Å². The smallest absolute Gasteiger partial charge is 0.277 e. The van der Waals surface area contributed by atoms with Gasteiger partial charge in [-0.2, -0.15) is 5.10 Å². The lowest BCUT2D eigenvalue weighted by Gasteiger charge is -2.00. The maximum atomic E-state index is 12.3. The maximum Gasteiger partial charge on any atom is 0.277 e. The molecule has 3 aromatic rings. The second-order valence-electron chi connectivity index (χ2n) is 5.57. The molecule has 1 aliphatic carbocycles.